The summed E-state index contributed by atoms with van der Waals surface area (Å²) in [6, 6.07) is 8.72. The van der Waals surface area contributed by atoms with E-state index in [1.165, 1.54) is 29.5 Å². The van der Waals surface area contributed by atoms with Crippen molar-refractivity contribution in [2.24, 2.45) is 0 Å². The van der Waals surface area contributed by atoms with Crippen LogP contribution in [0.4, 0.5) is 0 Å². The lowest BCUT2D eigenvalue weighted by atomic mass is 9.83. The Labute approximate surface area is 178 Å². The number of hydrogen-bond acceptors (Lipinski definition) is 3. The fraction of sp³-hybridized carbons (Fsp3) is 0.500. The first-order valence-corrected chi connectivity index (χ1v) is 11.4. The first-order valence-electron chi connectivity index (χ1n) is 11.4. The number of carbonyl (C=O) groups is 1. The Hall–Kier alpha value is -2.33. The van der Waals surface area contributed by atoms with Crippen molar-refractivity contribution in [3.63, 3.8) is 0 Å². The molecule has 2 fully saturated rings. The van der Waals surface area contributed by atoms with Crippen LogP contribution < -0.4 is 4.74 Å². The number of aliphatic carboxylic acids is 1. The minimum Gasteiger partial charge on any atom is -0.493 e. The number of fused-ring (bicyclic) bond motifs is 1. The average Bonchev–Trinajstić information content (AvgIpc) is 3.66. The Morgan fingerprint density at radius 2 is 2.03 bits per heavy atom. The van der Waals surface area contributed by atoms with E-state index >= 15 is 0 Å². The van der Waals surface area contributed by atoms with Crippen molar-refractivity contribution in [3.8, 4) is 16.9 Å². The molecule has 4 nitrogen and oxygen atoms in total. The molecule has 1 N–H and O–H groups in total. The molecule has 1 heterocycles. The van der Waals surface area contributed by atoms with Gasteiger partial charge in [-0.3, -0.25) is 0 Å². The summed E-state index contributed by atoms with van der Waals surface area (Å²) < 4.78 is 11.9. The van der Waals surface area contributed by atoms with Crippen LogP contribution in [-0.2, 0) is 22.4 Å². The van der Waals surface area contributed by atoms with Gasteiger partial charge in [0.15, 0.2) is 6.10 Å². The van der Waals surface area contributed by atoms with E-state index in [4.69, 9.17) is 9.47 Å². The fourth-order valence-electron chi connectivity index (χ4n) is 4.78. The van der Waals surface area contributed by atoms with Gasteiger partial charge in [-0.2, -0.15) is 0 Å². The molecule has 158 valence electrons. The lowest BCUT2D eigenvalue weighted by molar-refractivity contribution is -0.151. The molecular weight excluding hydrogens is 376 g/mol. The molecule has 2 aliphatic carbocycles. The largest absolute Gasteiger partial charge is 0.493 e. The van der Waals surface area contributed by atoms with Gasteiger partial charge in [0, 0.05) is 5.56 Å². The molecule has 0 aromatic heterocycles. The molecule has 1 aliphatic heterocycles. The number of carboxylic acids is 1. The highest BCUT2D eigenvalue weighted by Crippen LogP contribution is 2.49. The summed E-state index contributed by atoms with van der Waals surface area (Å²) in [4.78, 5) is 12.4. The van der Waals surface area contributed by atoms with Crippen molar-refractivity contribution < 1.29 is 19.4 Å². The highest BCUT2D eigenvalue weighted by atomic mass is 16.5. The van der Waals surface area contributed by atoms with E-state index in [2.05, 4.69) is 38.1 Å². The summed E-state index contributed by atoms with van der Waals surface area (Å²) >= 11 is 0. The predicted octanol–water partition coefficient (Wildman–Crippen LogP) is 5.73. The molecule has 1 atom stereocenters. The van der Waals surface area contributed by atoms with Crippen LogP contribution in [0, 0.1) is 6.92 Å². The van der Waals surface area contributed by atoms with Gasteiger partial charge in [0.25, 0.3) is 0 Å². The molecule has 4 heteroatoms. The number of rotatable bonds is 7. The van der Waals surface area contributed by atoms with Crippen molar-refractivity contribution in [1.82, 2.24) is 0 Å². The van der Waals surface area contributed by atoms with E-state index in [0.29, 0.717) is 5.92 Å². The van der Waals surface area contributed by atoms with E-state index in [-0.39, 0.29) is 6.10 Å². The van der Waals surface area contributed by atoms with Crippen molar-refractivity contribution >= 4 is 5.97 Å². The fourth-order valence-corrected chi connectivity index (χ4v) is 4.78. The second-order valence-corrected chi connectivity index (χ2v) is 8.99. The van der Waals surface area contributed by atoms with Crippen molar-refractivity contribution in [3.05, 3.63) is 52.1 Å². The number of benzene rings is 2. The van der Waals surface area contributed by atoms with Crippen molar-refractivity contribution in [2.45, 2.75) is 76.9 Å². The highest BCUT2D eigenvalue weighted by Gasteiger charge is 2.37. The molecular formula is C26H30O4. The first-order chi connectivity index (χ1) is 14.6. The SMILES string of the molecule is CCc1cc(C2CC2)c(-c2ccc3c(c2)CCCO3)c(C(OC2CC2)C(=O)O)c1C. The summed E-state index contributed by atoms with van der Waals surface area (Å²) in [5.74, 6) is 0.597. The predicted molar refractivity (Wildman–Crippen MR) is 116 cm³/mol. The molecule has 0 bridgehead atoms. The van der Waals surface area contributed by atoms with Crippen molar-refractivity contribution in [2.75, 3.05) is 6.61 Å². The topological polar surface area (TPSA) is 55.8 Å². The van der Waals surface area contributed by atoms with E-state index in [0.717, 1.165) is 66.7 Å². The van der Waals surface area contributed by atoms with E-state index < -0.39 is 12.1 Å². The molecule has 5 rings (SSSR count). The third-order valence-corrected chi connectivity index (χ3v) is 6.71. The maximum atomic E-state index is 12.4. The Kier molecular flexibility index (Phi) is 5.06. The molecule has 2 aromatic carbocycles. The number of hydrogen-bond donors (Lipinski definition) is 1. The average molecular weight is 407 g/mol. The summed E-state index contributed by atoms with van der Waals surface area (Å²) in [6.45, 7) is 4.99. The van der Waals surface area contributed by atoms with Gasteiger partial charge in [0.05, 0.1) is 12.7 Å². The van der Waals surface area contributed by atoms with Crippen LogP contribution in [0.5, 0.6) is 5.75 Å². The Morgan fingerprint density at radius 3 is 2.70 bits per heavy atom. The maximum Gasteiger partial charge on any atom is 0.337 e. The normalized spacial score (nSPS) is 19.1. The summed E-state index contributed by atoms with van der Waals surface area (Å²) in [5.41, 5.74) is 7.89. The third kappa shape index (κ3) is 3.62. The van der Waals surface area contributed by atoms with E-state index in [9.17, 15) is 9.90 Å². The maximum absolute atomic E-state index is 12.4. The highest BCUT2D eigenvalue weighted by molar-refractivity contribution is 5.84. The lowest BCUT2D eigenvalue weighted by Gasteiger charge is -2.26. The van der Waals surface area contributed by atoms with Crippen LogP contribution in [0.3, 0.4) is 0 Å². The summed E-state index contributed by atoms with van der Waals surface area (Å²) in [6.07, 6.45) is 6.34. The second kappa shape index (κ2) is 7.73. The lowest BCUT2D eigenvalue weighted by Crippen LogP contribution is -2.20. The van der Waals surface area contributed by atoms with Gasteiger partial charge in [-0.15, -0.1) is 0 Å². The zero-order chi connectivity index (χ0) is 20.8. The quantitative estimate of drug-likeness (QED) is 0.638. The minimum atomic E-state index is -0.913. The van der Waals surface area contributed by atoms with Gasteiger partial charge in [-0.1, -0.05) is 19.1 Å². The number of aryl methyl sites for hydroxylation is 2. The van der Waals surface area contributed by atoms with Gasteiger partial charge in [-0.05, 0) is 103 Å². The van der Waals surface area contributed by atoms with Crippen LogP contribution in [0.1, 0.15) is 78.9 Å². The smallest absolute Gasteiger partial charge is 0.337 e. The van der Waals surface area contributed by atoms with Gasteiger partial charge in [-0.25, -0.2) is 4.79 Å². The van der Waals surface area contributed by atoms with Gasteiger partial charge in [0.1, 0.15) is 5.75 Å². The molecule has 1 unspecified atom stereocenters. The minimum absolute atomic E-state index is 0.0740. The first kappa shape index (κ1) is 19.6. The van der Waals surface area contributed by atoms with Crippen LogP contribution in [0.2, 0.25) is 0 Å². The Balaban J connectivity index is 1.73. The number of ether oxygens (including phenoxy) is 2. The molecule has 3 aliphatic rings. The molecule has 2 aromatic rings. The molecule has 0 spiro atoms. The second-order valence-electron chi connectivity index (χ2n) is 8.99. The monoisotopic (exact) mass is 406 g/mol. The molecule has 0 amide bonds. The standard InChI is InChI=1S/C26H30O4/c1-3-16-14-21(17-6-7-17)24(19-8-11-22-18(13-19)5-4-12-29-22)23(15(16)2)25(26(27)28)30-20-9-10-20/h8,11,13-14,17,20,25H,3-7,9-10,12H2,1-2H3,(H,27,28). The molecule has 0 radical (unpaired) electrons. The zero-order valence-electron chi connectivity index (χ0n) is 17.9. The van der Waals surface area contributed by atoms with E-state index in [1.807, 2.05) is 0 Å². The van der Waals surface area contributed by atoms with Crippen LogP contribution in [0.15, 0.2) is 24.3 Å². The summed E-state index contributed by atoms with van der Waals surface area (Å²) in [5, 5.41) is 10.2. The Bertz CT molecular complexity index is 985. The number of carboxylic acid groups (broad SMARTS) is 1. The zero-order valence-corrected chi connectivity index (χ0v) is 17.9. The summed E-state index contributed by atoms with van der Waals surface area (Å²) in [7, 11) is 0. The van der Waals surface area contributed by atoms with Crippen LogP contribution in [-0.4, -0.2) is 23.8 Å². The van der Waals surface area contributed by atoms with Crippen molar-refractivity contribution in [1.29, 1.82) is 0 Å². The van der Waals surface area contributed by atoms with Crippen LogP contribution >= 0.6 is 0 Å². The molecule has 0 saturated heterocycles. The molecule has 2 saturated carbocycles. The van der Waals surface area contributed by atoms with E-state index in [1.54, 1.807) is 0 Å². The third-order valence-electron chi connectivity index (χ3n) is 6.71. The Morgan fingerprint density at radius 1 is 1.23 bits per heavy atom. The molecule has 30 heavy (non-hydrogen) atoms. The van der Waals surface area contributed by atoms with Gasteiger partial charge >= 0.3 is 5.97 Å². The van der Waals surface area contributed by atoms with Gasteiger partial charge < -0.3 is 14.6 Å². The van der Waals surface area contributed by atoms with Crippen LogP contribution in [0.25, 0.3) is 11.1 Å². The van der Waals surface area contributed by atoms with Gasteiger partial charge in [0.2, 0.25) is 0 Å².